The third-order valence-corrected chi connectivity index (χ3v) is 39.1. The molecule has 2 aliphatic carbocycles. The van der Waals surface area contributed by atoms with Gasteiger partial charge in [-0.2, -0.15) is 0 Å². The number of fused-ring (bicyclic) bond motifs is 1. The van der Waals surface area contributed by atoms with Crippen LogP contribution < -0.4 is 3.32 Å². The minimum atomic E-state index is -3.52. The van der Waals surface area contributed by atoms with Crippen LogP contribution in [0.3, 0.4) is 0 Å². The molecule has 0 aliphatic heterocycles. The van der Waals surface area contributed by atoms with Crippen molar-refractivity contribution >= 4 is 41.2 Å². The van der Waals surface area contributed by atoms with Crippen LogP contribution in [-0.2, 0) is 17.1 Å². The zero-order valence-corrected chi connectivity index (χ0v) is 21.0. The van der Waals surface area contributed by atoms with E-state index in [1.54, 1.807) is 6.65 Å². The van der Waals surface area contributed by atoms with Crippen molar-refractivity contribution in [3.05, 3.63) is 93.4 Å². The number of rotatable bonds is 3. The predicted octanol–water partition coefficient (Wildman–Crippen LogP) is 5.05. The van der Waals surface area contributed by atoms with Gasteiger partial charge in [0.1, 0.15) is 0 Å². The molecule has 1 unspecified atom stereocenters. The van der Waals surface area contributed by atoms with Gasteiger partial charge in [0.15, 0.2) is 0 Å². The first kappa shape index (κ1) is 20.6. The van der Waals surface area contributed by atoms with Gasteiger partial charge in [0.25, 0.3) is 0 Å². The van der Waals surface area contributed by atoms with E-state index in [4.69, 9.17) is 0 Å². The summed E-state index contributed by atoms with van der Waals surface area (Å²) < 4.78 is 6.57. The second-order valence-corrected chi connectivity index (χ2v) is 44.0. The van der Waals surface area contributed by atoms with Crippen LogP contribution in [0, 0.1) is 0 Å². The van der Waals surface area contributed by atoms with Gasteiger partial charge in [-0.25, -0.2) is 0 Å². The summed E-state index contributed by atoms with van der Waals surface area (Å²) in [4.78, 5) is 0. The third-order valence-electron chi connectivity index (χ3n) is 5.88. The van der Waals surface area contributed by atoms with Crippen LogP contribution in [0.25, 0.3) is 6.08 Å². The molecule has 0 nitrogen and oxygen atoms in total. The first-order valence-corrected chi connectivity index (χ1v) is 25.9. The Kier molecular flexibility index (Phi) is 6.21. The molecule has 25 heavy (non-hydrogen) atoms. The van der Waals surface area contributed by atoms with E-state index in [0.717, 1.165) is 6.42 Å². The normalized spacial score (nSPS) is 18.2. The van der Waals surface area contributed by atoms with Crippen molar-refractivity contribution in [3.8, 4) is 0 Å². The molecule has 0 N–H and O–H groups in total. The average molecular weight is 554 g/mol. The molecule has 2 aliphatic rings. The maximum absolute atomic E-state index is 3.52. The van der Waals surface area contributed by atoms with Gasteiger partial charge in [0.05, 0.1) is 0 Å². The van der Waals surface area contributed by atoms with Gasteiger partial charge in [-0.3, -0.25) is 0 Å². The standard InChI is InChI=1S/C9H7.C6H5.C5H5.CH3.2ClH.Hf.H2Si/c1-2-5-9-7-3-6-8(9)4-1;1-2-4-6-5-3-1;1-2-4-5-3-1;;;;;/h1-7H;1-5H;1-3H,4H2;1H3;2*1H;;1H2. The van der Waals surface area contributed by atoms with Crippen LogP contribution in [0.2, 0.25) is 4.68 Å². The van der Waals surface area contributed by atoms with Gasteiger partial charge in [-0.05, 0) is 0 Å². The Balaban J connectivity index is 0.00000113. The van der Waals surface area contributed by atoms with Crippen molar-refractivity contribution in [2.24, 2.45) is 0 Å². The summed E-state index contributed by atoms with van der Waals surface area (Å²) in [7, 11) is 0. The van der Waals surface area contributed by atoms with E-state index in [9.17, 15) is 0 Å². The van der Waals surface area contributed by atoms with E-state index in [1.165, 1.54) is 11.1 Å². The number of hydrogen-bond donors (Lipinski definition) is 0. The molecule has 0 saturated carbocycles. The second-order valence-electron chi connectivity index (χ2n) is 7.27. The first-order valence-electron chi connectivity index (χ1n) is 8.34. The van der Waals surface area contributed by atoms with Crippen molar-refractivity contribution < 1.29 is 17.1 Å². The molecule has 0 aromatic heterocycles. The molecule has 0 heterocycles. The molecule has 4 rings (SSSR count). The van der Waals surface area contributed by atoms with E-state index in [2.05, 4.69) is 96.6 Å². The summed E-state index contributed by atoms with van der Waals surface area (Å²) in [6.07, 6.45) is 13.0. The molecule has 0 saturated heterocycles. The van der Waals surface area contributed by atoms with Crippen molar-refractivity contribution in [1.82, 2.24) is 0 Å². The van der Waals surface area contributed by atoms with Crippen LogP contribution in [0.15, 0.2) is 82.2 Å². The molecule has 0 spiro atoms. The van der Waals surface area contributed by atoms with Crippen LogP contribution in [0.1, 0.15) is 21.2 Å². The average Bonchev–Trinajstić information content (AvgIpc) is 3.26. The van der Waals surface area contributed by atoms with E-state index in [-0.39, 0.29) is 24.8 Å². The van der Waals surface area contributed by atoms with Crippen molar-refractivity contribution in [3.63, 3.8) is 0 Å². The molecule has 130 valence electrons. The van der Waals surface area contributed by atoms with Crippen molar-refractivity contribution in [1.29, 1.82) is 0 Å². The minimum absolute atomic E-state index is 0. The van der Waals surface area contributed by atoms with Crippen molar-refractivity contribution in [2.75, 3.05) is 0 Å². The second kappa shape index (κ2) is 7.52. The SMILES string of the molecule is Cl.Cl.[CH3][Hf](=[SiH2])([C]1=CC=CC1)([c]1ccccc1)[CH]1C=Cc2ccccc21. The molecule has 0 bridgehead atoms. The fourth-order valence-electron chi connectivity index (χ4n) is 4.36. The maximum atomic E-state index is 2.65. The summed E-state index contributed by atoms with van der Waals surface area (Å²) >= 11 is -3.52. The number of hydrogen-bond acceptors (Lipinski definition) is 0. The third kappa shape index (κ3) is 3.12. The Hall–Kier alpha value is -0.673. The topological polar surface area (TPSA) is 0 Å². The molecular weight excluding hydrogens is 530 g/mol. The molecule has 0 amide bonds. The van der Waals surface area contributed by atoms with E-state index < -0.39 is 17.1 Å². The Morgan fingerprint density at radius 3 is 2.32 bits per heavy atom. The number of allylic oxidation sites excluding steroid dienone is 5. The van der Waals surface area contributed by atoms with Gasteiger partial charge in [-0.15, -0.1) is 24.8 Å². The van der Waals surface area contributed by atoms with Gasteiger partial charge in [0.2, 0.25) is 0 Å². The van der Waals surface area contributed by atoms with Crippen molar-refractivity contribution in [2.45, 2.75) is 14.8 Å². The van der Waals surface area contributed by atoms with Crippen LogP contribution in [0.5, 0.6) is 0 Å². The molecule has 2 aromatic carbocycles. The predicted molar refractivity (Wildman–Crippen MR) is 115 cm³/mol. The molecular formula is C21H24Cl2HfSi. The van der Waals surface area contributed by atoms with Gasteiger partial charge in [0, 0.05) is 0 Å². The monoisotopic (exact) mass is 554 g/mol. The summed E-state index contributed by atoms with van der Waals surface area (Å²) in [5, 5.41) is 0. The van der Waals surface area contributed by atoms with E-state index >= 15 is 0 Å². The Morgan fingerprint density at radius 2 is 1.64 bits per heavy atom. The Labute approximate surface area is 165 Å². The Morgan fingerprint density at radius 1 is 0.960 bits per heavy atom. The van der Waals surface area contributed by atoms with Crippen LogP contribution >= 0.6 is 24.8 Å². The zero-order valence-electron chi connectivity index (χ0n) is 14.4. The molecule has 0 radical (unpaired) electrons. The van der Waals surface area contributed by atoms with Gasteiger partial charge >= 0.3 is 142 Å². The summed E-state index contributed by atoms with van der Waals surface area (Å²) in [6.45, 7) is 2.37. The molecule has 4 heteroatoms. The van der Waals surface area contributed by atoms with Gasteiger partial charge in [-0.1, -0.05) is 0 Å². The zero-order chi connectivity index (χ0) is 15.9. The van der Waals surface area contributed by atoms with Crippen LogP contribution in [-0.4, -0.2) is 6.94 Å². The van der Waals surface area contributed by atoms with Crippen LogP contribution in [0.4, 0.5) is 0 Å². The first-order chi connectivity index (χ1) is 11.1. The summed E-state index contributed by atoms with van der Waals surface area (Å²) in [5.41, 5.74) is 2.95. The Bertz CT molecular complexity index is 928. The molecule has 1 atom stereocenters. The quantitative estimate of drug-likeness (QED) is 0.467. The molecule has 2 aromatic rings. The number of benzene rings is 2. The molecule has 0 fully saturated rings. The number of halogens is 2. The summed E-state index contributed by atoms with van der Waals surface area (Å²) in [5.74, 6) is 0. The fourth-order valence-corrected chi connectivity index (χ4v) is 30.1. The van der Waals surface area contributed by atoms with E-state index in [1.807, 2.05) is 0 Å². The van der Waals surface area contributed by atoms with E-state index in [0.29, 0.717) is 3.67 Å². The summed E-state index contributed by atoms with van der Waals surface area (Å²) in [6, 6.07) is 20.3. The van der Waals surface area contributed by atoms with Gasteiger partial charge < -0.3 is 0 Å². The fraction of sp³-hybridized carbons (Fsp3) is 0.143.